The summed E-state index contributed by atoms with van der Waals surface area (Å²) >= 11 is 0. The van der Waals surface area contributed by atoms with E-state index < -0.39 is 0 Å². The van der Waals surface area contributed by atoms with E-state index in [9.17, 15) is 0 Å². The maximum Gasteiger partial charge on any atom is 0.151 e. The molecule has 0 saturated carbocycles. The number of para-hydroxylation sites is 1. The van der Waals surface area contributed by atoms with Gasteiger partial charge in [0.25, 0.3) is 0 Å². The third-order valence-corrected chi connectivity index (χ3v) is 3.55. The van der Waals surface area contributed by atoms with Crippen LogP contribution in [0.2, 0.25) is 0 Å². The van der Waals surface area contributed by atoms with Gasteiger partial charge in [0.15, 0.2) is 5.76 Å². The molecule has 0 spiro atoms. The first-order valence-corrected chi connectivity index (χ1v) is 6.70. The van der Waals surface area contributed by atoms with E-state index in [0.717, 1.165) is 48.6 Å². The zero-order valence-corrected chi connectivity index (χ0v) is 11.5. The molecular weight excluding hydrogens is 238 g/mol. The van der Waals surface area contributed by atoms with Gasteiger partial charge in [-0.05, 0) is 26.1 Å². The molecule has 1 aromatic carbocycles. The van der Waals surface area contributed by atoms with Crippen LogP contribution in [0.25, 0.3) is 11.0 Å². The highest BCUT2D eigenvalue weighted by Gasteiger charge is 2.13. The second-order valence-electron chi connectivity index (χ2n) is 5.09. The molecule has 0 radical (unpaired) electrons. The van der Waals surface area contributed by atoms with Gasteiger partial charge in [-0.1, -0.05) is 18.2 Å². The Morgan fingerprint density at radius 1 is 1.16 bits per heavy atom. The zero-order valence-electron chi connectivity index (χ0n) is 11.5. The van der Waals surface area contributed by atoms with Gasteiger partial charge in [0, 0.05) is 31.6 Å². The molecule has 1 saturated heterocycles. The minimum absolute atomic E-state index is 0.861. The zero-order chi connectivity index (χ0) is 13.2. The van der Waals surface area contributed by atoms with Crippen LogP contribution in [0.5, 0.6) is 0 Å². The average Bonchev–Trinajstić information content (AvgIpc) is 2.85. The Hall–Kier alpha value is -1.81. The average molecular weight is 257 g/mol. The molecule has 0 unspecified atom stereocenters. The Labute approximate surface area is 113 Å². The normalized spacial score (nSPS) is 18.2. The summed E-state index contributed by atoms with van der Waals surface area (Å²) in [5.41, 5.74) is 1.87. The molecule has 0 aliphatic carbocycles. The first-order chi connectivity index (χ1) is 9.22. The van der Waals surface area contributed by atoms with Crippen LogP contribution in [-0.2, 0) is 0 Å². The smallest absolute Gasteiger partial charge is 0.151 e. The Morgan fingerprint density at radius 3 is 2.63 bits per heavy atom. The summed E-state index contributed by atoms with van der Waals surface area (Å²) in [6.07, 6.45) is 0. The molecule has 2 aromatic rings. The van der Waals surface area contributed by atoms with E-state index in [4.69, 9.17) is 4.42 Å². The first-order valence-electron chi connectivity index (χ1n) is 6.70. The van der Waals surface area contributed by atoms with Gasteiger partial charge < -0.3 is 9.32 Å². The Balaban J connectivity index is 1.80. The van der Waals surface area contributed by atoms with Gasteiger partial charge >= 0.3 is 0 Å². The van der Waals surface area contributed by atoms with Gasteiger partial charge in [-0.25, -0.2) is 0 Å². The third kappa shape index (κ3) is 2.63. The molecule has 1 aliphatic heterocycles. The monoisotopic (exact) mass is 257 g/mol. The van der Waals surface area contributed by atoms with Crippen LogP contribution in [0, 0.1) is 0 Å². The highest BCUT2D eigenvalue weighted by atomic mass is 16.3. The van der Waals surface area contributed by atoms with E-state index >= 15 is 0 Å². The number of piperazine rings is 1. The number of furan rings is 1. The number of likely N-dealkylation sites (N-methyl/N-ethyl adjacent to an activating group) is 1. The maximum atomic E-state index is 5.82. The summed E-state index contributed by atoms with van der Waals surface area (Å²) < 4.78 is 5.82. The van der Waals surface area contributed by atoms with Crippen molar-refractivity contribution < 1.29 is 4.42 Å². The van der Waals surface area contributed by atoms with E-state index in [1.54, 1.807) is 0 Å². The van der Waals surface area contributed by atoms with Gasteiger partial charge in [-0.2, -0.15) is 5.10 Å². The molecule has 0 atom stereocenters. The SMILES string of the molecule is C/C(=N\N1CCN(C)CC1)c1cc2ccccc2o1. The number of rotatable bonds is 2. The fourth-order valence-corrected chi connectivity index (χ4v) is 2.32. The summed E-state index contributed by atoms with van der Waals surface area (Å²) in [7, 11) is 2.15. The number of hydrogen-bond acceptors (Lipinski definition) is 4. The van der Waals surface area contributed by atoms with E-state index in [-0.39, 0.29) is 0 Å². The summed E-state index contributed by atoms with van der Waals surface area (Å²) in [6.45, 7) is 6.10. The third-order valence-electron chi connectivity index (χ3n) is 3.55. The van der Waals surface area contributed by atoms with Gasteiger partial charge in [0.1, 0.15) is 5.58 Å². The number of benzene rings is 1. The summed E-state index contributed by atoms with van der Waals surface area (Å²) in [5, 5.41) is 7.92. The Kier molecular flexibility index (Phi) is 3.25. The van der Waals surface area contributed by atoms with Crippen LogP contribution in [0.4, 0.5) is 0 Å². The molecule has 1 fully saturated rings. The van der Waals surface area contributed by atoms with E-state index in [1.807, 2.05) is 25.1 Å². The second kappa shape index (κ2) is 5.05. The Morgan fingerprint density at radius 2 is 1.89 bits per heavy atom. The van der Waals surface area contributed by atoms with Crippen LogP contribution in [0.1, 0.15) is 12.7 Å². The van der Waals surface area contributed by atoms with Crippen molar-refractivity contribution in [3.8, 4) is 0 Å². The van der Waals surface area contributed by atoms with Crippen LogP contribution in [0.15, 0.2) is 39.9 Å². The summed E-state index contributed by atoms with van der Waals surface area (Å²) in [6, 6.07) is 10.1. The highest BCUT2D eigenvalue weighted by molar-refractivity contribution is 5.99. The maximum absolute atomic E-state index is 5.82. The molecule has 0 bridgehead atoms. The largest absolute Gasteiger partial charge is 0.455 e. The van der Waals surface area contributed by atoms with Crippen molar-refractivity contribution in [2.45, 2.75) is 6.92 Å². The fourth-order valence-electron chi connectivity index (χ4n) is 2.32. The lowest BCUT2D eigenvalue weighted by Gasteiger charge is -2.30. The van der Waals surface area contributed by atoms with Crippen molar-refractivity contribution in [2.24, 2.45) is 5.10 Å². The molecule has 100 valence electrons. The van der Waals surface area contributed by atoms with Crippen LogP contribution in [-0.4, -0.2) is 48.8 Å². The minimum Gasteiger partial charge on any atom is -0.455 e. The number of hydrogen-bond donors (Lipinski definition) is 0. The van der Waals surface area contributed by atoms with Crippen molar-refractivity contribution in [3.63, 3.8) is 0 Å². The molecule has 4 heteroatoms. The van der Waals surface area contributed by atoms with Crippen molar-refractivity contribution in [1.82, 2.24) is 9.91 Å². The lowest BCUT2D eigenvalue weighted by Crippen LogP contribution is -2.42. The quantitative estimate of drug-likeness (QED) is 0.774. The molecule has 0 amide bonds. The van der Waals surface area contributed by atoms with E-state index in [2.05, 4.69) is 34.2 Å². The lowest BCUT2D eigenvalue weighted by molar-refractivity contribution is 0.159. The van der Waals surface area contributed by atoms with Crippen LogP contribution >= 0.6 is 0 Å². The van der Waals surface area contributed by atoms with Gasteiger partial charge in [-0.15, -0.1) is 0 Å². The first kappa shape index (κ1) is 12.2. The number of hydrazone groups is 1. The van der Waals surface area contributed by atoms with Crippen molar-refractivity contribution in [2.75, 3.05) is 33.2 Å². The van der Waals surface area contributed by atoms with Crippen molar-refractivity contribution in [3.05, 3.63) is 36.1 Å². The van der Waals surface area contributed by atoms with E-state index in [1.165, 1.54) is 0 Å². The number of nitrogens with zero attached hydrogens (tertiary/aromatic N) is 3. The van der Waals surface area contributed by atoms with Crippen molar-refractivity contribution >= 4 is 16.7 Å². The Bertz CT molecular complexity index is 561. The standard InChI is InChI=1S/C15H19N3O/c1-12(16-18-9-7-17(2)8-10-18)15-11-13-5-3-4-6-14(13)19-15/h3-6,11H,7-10H2,1-2H3/b16-12+. The molecule has 1 aromatic heterocycles. The predicted molar refractivity (Wildman–Crippen MR) is 77.5 cm³/mol. The minimum atomic E-state index is 0.861. The molecule has 4 nitrogen and oxygen atoms in total. The molecular formula is C15H19N3O. The molecule has 0 N–H and O–H groups in total. The van der Waals surface area contributed by atoms with E-state index in [0.29, 0.717) is 0 Å². The summed E-state index contributed by atoms with van der Waals surface area (Å²) in [5.74, 6) is 0.861. The summed E-state index contributed by atoms with van der Waals surface area (Å²) in [4.78, 5) is 2.32. The molecule has 3 rings (SSSR count). The topological polar surface area (TPSA) is 32.0 Å². The fraction of sp³-hybridized carbons (Fsp3) is 0.400. The van der Waals surface area contributed by atoms with Gasteiger partial charge in [0.2, 0.25) is 0 Å². The molecule has 1 aliphatic rings. The second-order valence-corrected chi connectivity index (χ2v) is 5.09. The van der Waals surface area contributed by atoms with Gasteiger partial charge in [0.05, 0.1) is 5.71 Å². The van der Waals surface area contributed by atoms with Crippen LogP contribution in [0.3, 0.4) is 0 Å². The van der Waals surface area contributed by atoms with Crippen molar-refractivity contribution in [1.29, 1.82) is 0 Å². The molecule has 19 heavy (non-hydrogen) atoms. The lowest BCUT2D eigenvalue weighted by atomic mass is 10.2. The van der Waals surface area contributed by atoms with Gasteiger partial charge in [-0.3, -0.25) is 5.01 Å². The highest BCUT2D eigenvalue weighted by Crippen LogP contribution is 2.19. The number of fused-ring (bicyclic) bond motifs is 1. The van der Waals surface area contributed by atoms with Crippen LogP contribution < -0.4 is 0 Å². The molecule has 2 heterocycles. The predicted octanol–water partition coefficient (Wildman–Crippen LogP) is 2.40.